The number of hydrogen-bond donors (Lipinski definition) is 0. The maximum atomic E-state index is 13.5. The zero-order valence-corrected chi connectivity index (χ0v) is 20.3. The number of nitrogens with zero attached hydrogens (tertiary/aromatic N) is 4. The van der Waals surface area contributed by atoms with Crippen molar-refractivity contribution < 1.29 is 22.7 Å². The second-order valence-electron chi connectivity index (χ2n) is 8.51. The summed E-state index contributed by atoms with van der Waals surface area (Å²) in [5.74, 6) is -0.601. The molecule has 32 heavy (non-hydrogen) atoms. The monoisotopic (exact) mass is 468 g/mol. The van der Waals surface area contributed by atoms with Crippen LogP contribution in [0.15, 0.2) is 17.2 Å². The molecule has 1 atom stereocenters. The van der Waals surface area contributed by atoms with E-state index in [9.17, 15) is 18.0 Å². The normalized spacial score (nSPS) is 20.0. The Kier molecular flexibility index (Phi) is 8.35. The second-order valence-corrected chi connectivity index (χ2v) is 10.5. The Morgan fingerprint density at radius 2 is 1.88 bits per heavy atom. The molecule has 0 radical (unpaired) electrons. The van der Waals surface area contributed by atoms with Gasteiger partial charge in [0.2, 0.25) is 10.0 Å². The van der Waals surface area contributed by atoms with Crippen LogP contribution >= 0.6 is 0 Å². The quantitative estimate of drug-likeness (QED) is 0.485. The number of likely N-dealkylation sites (N-methyl/N-ethyl adjacent to an activating group) is 1. The topological polar surface area (TPSA) is 92.2 Å². The van der Waals surface area contributed by atoms with Gasteiger partial charge in [0, 0.05) is 45.5 Å². The Morgan fingerprint density at radius 3 is 2.53 bits per heavy atom. The highest BCUT2D eigenvalue weighted by atomic mass is 32.2. The van der Waals surface area contributed by atoms with Gasteiger partial charge in [-0.25, -0.2) is 8.42 Å². The van der Waals surface area contributed by atoms with Crippen LogP contribution in [-0.2, 0) is 26.6 Å². The second kappa shape index (κ2) is 10.8. The molecule has 0 aromatic carbocycles. The van der Waals surface area contributed by atoms with Crippen LogP contribution in [0.2, 0.25) is 0 Å². The van der Waals surface area contributed by atoms with Gasteiger partial charge in [0.25, 0.3) is 5.91 Å². The summed E-state index contributed by atoms with van der Waals surface area (Å²) in [4.78, 5) is 29.6. The van der Waals surface area contributed by atoms with Gasteiger partial charge in [-0.15, -0.1) is 0 Å². The number of carbonyl (C=O) groups excluding carboxylic acids is 2. The van der Waals surface area contributed by atoms with Crippen LogP contribution in [0.5, 0.6) is 0 Å². The van der Waals surface area contributed by atoms with E-state index >= 15 is 0 Å². The van der Waals surface area contributed by atoms with Crippen molar-refractivity contribution in [3.8, 4) is 0 Å². The number of aromatic nitrogens is 1. The third-order valence-electron chi connectivity index (χ3n) is 6.42. The van der Waals surface area contributed by atoms with Gasteiger partial charge < -0.3 is 14.2 Å². The van der Waals surface area contributed by atoms with Crippen molar-refractivity contribution in [3.05, 3.63) is 18.0 Å². The highest BCUT2D eigenvalue weighted by Crippen LogP contribution is 2.24. The Labute approximate surface area is 191 Å². The molecule has 0 spiro atoms. The lowest BCUT2D eigenvalue weighted by atomic mass is 10.2. The Balaban J connectivity index is 1.81. The summed E-state index contributed by atoms with van der Waals surface area (Å²) in [5, 5.41) is 0. The molecule has 2 aliphatic rings. The molecule has 9 nitrogen and oxygen atoms in total. The number of amides is 1. The number of likely N-dealkylation sites (tertiary alicyclic amines) is 1. The van der Waals surface area contributed by atoms with Crippen LogP contribution < -0.4 is 0 Å². The Hall–Kier alpha value is -1.91. The SMILES string of the molecule is CCOC(=O)CCN(CC1CCCN1CC)C(=O)c1cc(S(=O)(=O)N2CCCC2)cn1C. The van der Waals surface area contributed by atoms with E-state index in [1.807, 2.05) is 0 Å². The molecule has 1 amide bonds. The summed E-state index contributed by atoms with van der Waals surface area (Å²) in [5.41, 5.74) is 0.313. The minimum atomic E-state index is -3.61. The molecular formula is C22H36N4O5S. The lowest BCUT2D eigenvalue weighted by Crippen LogP contribution is -2.44. The molecule has 10 heteroatoms. The van der Waals surface area contributed by atoms with Gasteiger partial charge in [-0.1, -0.05) is 6.92 Å². The molecule has 2 fully saturated rings. The molecule has 1 aromatic heterocycles. The van der Waals surface area contributed by atoms with Crippen molar-refractivity contribution in [1.29, 1.82) is 0 Å². The first-order valence-electron chi connectivity index (χ1n) is 11.6. The van der Waals surface area contributed by atoms with Gasteiger partial charge in [-0.05, 0) is 51.8 Å². The third kappa shape index (κ3) is 5.52. The highest BCUT2D eigenvalue weighted by molar-refractivity contribution is 7.89. The van der Waals surface area contributed by atoms with Crippen LogP contribution in [0.1, 0.15) is 56.4 Å². The van der Waals surface area contributed by atoms with Gasteiger partial charge in [-0.3, -0.25) is 14.5 Å². The van der Waals surface area contributed by atoms with E-state index < -0.39 is 10.0 Å². The molecule has 2 saturated heterocycles. The molecule has 1 aromatic rings. The van der Waals surface area contributed by atoms with Crippen molar-refractivity contribution in [3.63, 3.8) is 0 Å². The summed E-state index contributed by atoms with van der Waals surface area (Å²) in [6.45, 7) is 7.85. The number of hydrogen-bond acceptors (Lipinski definition) is 6. The van der Waals surface area contributed by atoms with Crippen LogP contribution in [0, 0.1) is 0 Å². The number of sulfonamides is 1. The van der Waals surface area contributed by atoms with E-state index in [0.29, 0.717) is 31.9 Å². The number of rotatable bonds is 10. The predicted octanol–water partition coefficient (Wildman–Crippen LogP) is 1.69. The zero-order valence-electron chi connectivity index (χ0n) is 19.5. The highest BCUT2D eigenvalue weighted by Gasteiger charge is 2.32. The van der Waals surface area contributed by atoms with Gasteiger partial charge in [0.15, 0.2) is 0 Å². The van der Waals surface area contributed by atoms with Crippen molar-refractivity contribution in [2.45, 2.75) is 56.9 Å². The number of esters is 1. The van der Waals surface area contributed by atoms with Crippen molar-refractivity contribution >= 4 is 21.9 Å². The van der Waals surface area contributed by atoms with Gasteiger partial charge in [-0.2, -0.15) is 4.31 Å². The molecule has 3 heterocycles. The fraction of sp³-hybridized carbons (Fsp3) is 0.727. The van der Waals surface area contributed by atoms with E-state index in [1.54, 1.807) is 23.4 Å². The van der Waals surface area contributed by atoms with Crippen LogP contribution in [-0.4, -0.2) is 90.9 Å². The Bertz CT molecular complexity index is 907. The maximum absolute atomic E-state index is 13.5. The van der Waals surface area contributed by atoms with E-state index in [4.69, 9.17) is 4.74 Å². The fourth-order valence-electron chi connectivity index (χ4n) is 4.64. The average molecular weight is 469 g/mol. The van der Waals surface area contributed by atoms with Crippen LogP contribution in [0.25, 0.3) is 0 Å². The van der Waals surface area contributed by atoms with Crippen molar-refractivity contribution in [2.75, 3.05) is 45.9 Å². The molecule has 0 bridgehead atoms. The Morgan fingerprint density at radius 1 is 1.16 bits per heavy atom. The van der Waals surface area contributed by atoms with Gasteiger partial charge >= 0.3 is 5.97 Å². The number of carbonyl (C=O) groups is 2. The van der Waals surface area contributed by atoms with E-state index in [2.05, 4.69) is 11.8 Å². The summed E-state index contributed by atoms with van der Waals surface area (Å²) < 4.78 is 34.0. The minimum Gasteiger partial charge on any atom is -0.466 e. The lowest BCUT2D eigenvalue weighted by molar-refractivity contribution is -0.143. The molecule has 3 rings (SSSR count). The molecule has 0 N–H and O–H groups in total. The molecule has 1 unspecified atom stereocenters. The number of aryl methyl sites for hydroxylation is 1. The summed E-state index contributed by atoms with van der Waals surface area (Å²) in [6.07, 6.45) is 5.42. The standard InChI is InChI=1S/C22H36N4O5S/c1-4-24-11-8-9-18(24)16-25(14-10-21(27)31-5-2)22(28)20-15-19(17-23(20)3)32(29,30)26-12-6-7-13-26/h15,17-18H,4-14,16H2,1-3H3. The summed E-state index contributed by atoms with van der Waals surface area (Å²) in [7, 11) is -1.92. The first kappa shape index (κ1) is 24.7. The van der Waals surface area contributed by atoms with Crippen molar-refractivity contribution in [2.24, 2.45) is 7.05 Å². The van der Waals surface area contributed by atoms with Gasteiger partial charge in [0.05, 0.1) is 13.0 Å². The largest absolute Gasteiger partial charge is 0.466 e. The molecule has 180 valence electrons. The van der Waals surface area contributed by atoms with E-state index in [-0.39, 0.29) is 35.8 Å². The third-order valence-corrected chi connectivity index (χ3v) is 8.28. The molecular weight excluding hydrogens is 432 g/mol. The fourth-order valence-corrected chi connectivity index (χ4v) is 6.22. The summed E-state index contributed by atoms with van der Waals surface area (Å²) in [6, 6.07) is 1.71. The molecule has 0 aliphatic carbocycles. The first-order valence-corrected chi connectivity index (χ1v) is 13.1. The van der Waals surface area contributed by atoms with Crippen LogP contribution in [0.3, 0.4) is 0 Å². The maximum Gasteiger partial charge on any atom is 0.307 e. The minimum absolute atomic E-state index is 0.113. The lowest BCUT2D eigenvalue weighted by Gasteiger charge is -2.30. The van der Waals surface area contributed by atoms with E-state index in [0.717, 1.165) is 38.8 Å². The smallest absolute Gasteiger partial charge is 0.307 e. The average Bonchev–Trinajstić information content (AvgIpc) is 3.51. The first-order chi connectivity index (χ1) is 15.3. The predicted molar refractivity (Wildman–Crippen MR) is 121 cm³/mol. The number of ether oxygens (including phenoxy) is 1. The molecule has 0 saturated carbocycles. The van der Waals surface area contributed by atoms with E-state index in [1.165, 1.54) is 16.6 Å². The van der Waals surface area contributed by atoms with Crippen LogP contribution in [0.4, 0.5) is 0 Å². The van der Waals surface area contributed by atoms with Gasteiger partial charge in [0.1, 0.15) is 10.6 Å². The van der Waals surface area contributed by atoms with Crippen molar-refractivity contribution in [1.82, 2.24) is 18.7 Å². The zero-order chi connectivity index (χ0) is 23.3. The summed E-state index contributed by atoms with van der Waals surface area (Å²) >= 11 is 0. The molecule has 2 aliphatic heterocycles.